The van der Waals surface area contributed by atoms with E-state index in [4.69, 9.17) is 10.2 Å². The van der Waals surface area contributed by atoms with Crippen molar-refractivity contribution in [2.45, 2.75) is 5.79 Å². The highest BCUT2D eigenvalue weighted by Crippen LogP contribution is 2.31. The summed E-state index contributed by atoms with van der Waals surface area (Å²) in [4.78, 5) is 22.4. The van der Waals surface area contributed by atoms with Gasteiger partial charge in [0.1, 0.15) is 0 Å². The first-order valence-corrected chi connectivity index (χ1v) is 3.89. The molecule has 1 aromatic rings. The molecule has 4 nitrogen and oxygen atoms in total. The summed E-state index contributed by atoms with van der Waals surface area (Å²) in [6.07, 6.45) is 0. The number of Topliss-reactive ketones (excluding diaryl/α,β-unsaturated/α-hetero) is 2. The molecule has 0 aromatic heterocycles. The largest absolute Gasteiger partial charge is 0.353 e. The van der Waals surface area contributed by atoms with Crippen LogP contribution in [0.25, 0.3) is 0 Å². The van der Waals surface area contributed by atoms with Gasteiger partial charge in [-0.3, -0.25) is 9.59 Å². The molecule has 15 heavy (non-hydrogen) atoms. The van der Waals surface area contributed by atoms with E-state index in [9.17, 15) is 18.4 Å². The molecule has 0 spiro atoms. The van der Waals surface area contributed by atoms with Gasteiger partial charge in [0.05, 0.1) is 5.56 Å². The van der Waals surface area contributed by atoms with Crippen LogP contribution in [0.4, 0.5) is 8.78 Å². The second kappa shape index (κ2) is 2.68. The average Bonchev–Trinajstić information content (AvgIpc) is 2.35. The Balaban J connectivity index is 2.80. The topological polar surface area (TPSA) is 74.6 Å². The lowest BCUT2D eigenvalue weighted by molar-refractivity contribution is -0.0858. The van der Waals surface area contributed by atoms with Crippen LogP contribution in [0.5, 0.6) is 0 Å². The molecule has 1 aliphatic carbocycles. The van der Waals surface area contributed by atoms with Crippen molar-refractivity contribution in [2.24, 2.45) is 0 Å². The molecule has 2 N–H and O–H groups in total. The zero-order chi connectivity index (χ0) is 11.4. The molecule has 0 bridgehead atoms. The van der Waals surface area contributed by atoms with Gasteiger partial charge in [-0.25, -0.2) is 8.78 Å². The maximum atomic E-state index is 13.1. The second-order valence-electron chi connectivity index (χ2n) is 3.11. The highest BCUT2D eigenvalue weighted by atomic mass is 19.2. The van der Waals surface area contributed by atoms with Crippen molar-refractivity contribution in [1.29, 1.82) is 0 Å². The Morgan fingerprint density at radius 2 is 1.67 bits per heavy atom. The minimum atomic E-state index is -3.28. The maximum Gasteiger partial charge on any atom is 0.295 e. The zero-order valence-electron chi connectivity index (χ0n) is 7.12. The molecule has 0 atom stereocenters. The van der Waals surface area contributed by atoms with Crippen LogP contribution in [0, 0.1) is 11.6 Å². The van der Waals surface area contributed by atoms with Crippen molar-refractivity contribution in [3.8, 4) is 0 Å². The standard InChI is InChI=1S/C9H4F2O4/c10-4-2-1-3-5(6(4)11)8(13)9(14,15)7(3)12/h1-2,14-15H. The number of aliphatic hydroxyl groups is 2. The third-order valence-corrected chi connectivity index (χ3v) is 2.20. The number of hydrogen-bond donors (Lipinski definition) is 2. The van der Waals surface area contributed by atoms with E-state index >= 15 is 0 Å². The summed E-state index contributed by atoms with van der Waals surface area (Å²) in [5.74, 6) is -9.04. The summed E-state index contributed by atoms with van der Waals surface area (Å²) in [6.45, 7) is 0. The van der Waals surface area contributed by atoms with E-state index < -0.39 is 40.1 Å². The fourth-order valence-corrected chi connectivity index (χ4v) is 1.43. The fraction of sp³-hybridized carbons (Fsp3) is 0.111. The van der Waals surface area contributed by atoms with Gasteiger partial charge in [-0.1, -0.05) is 0 Å². The molecule has 0 aliphatic heterocycles. The minimum Gasteiger partial charge on any atom is -0.353 e. The molecule has 1 aliphatic rings. The molecule has 0 saturated carbocycles. The predicted octanol–water partition coefficient (Wildman–Crippen LogP) is 0.0247. The van der Waals surface area contributed by atoms with Crippen molar-refractivity contribution >= 4 is 11.6 Å². The van der Waals surface area contributed by atoms with Gasteiger partial charge >= 0.3 is 0 Å². The van der Waals surface area contributed by atoms with Gasteiger partial charge in [-0.15, -0.1) is 0 Å². The molecule has 0 fully saturated rings. The van der Waals surface area contributed by atoms with Crippen LogP contribution in [0.3, 0.4) is 0 Å². The van der Waals surface area contributed by atoms with Crippen molar-refractivity contribution in [3.05, 3.63) is 34.9 Å². The van der Waals surface area contributed by atoms with Crippen LogP contribution in [-0.2, 0) is 0 Å². The lowest BCUT2D eigenvalue weighted by Crippen LogP contribution is -2.40. The summed E-state index contributed by atoms with van der Waals surface area (Å²) in [6, 6.07) is 1.48. The third-order valence-electron chi connectivity index (χ3n) is 2.20. The third kappa shape index (κ3) is 1.06. The molecule has 0 unspecified atom stereocenters. The number of benzene rings is 1. The molecule has 1 aromatic carbocycles. The molecule has 78 valence electrons. The first-order valence-electron chi connectivity index (χ1n) is 3.89. The van der Waals surface area contributed by atoms with E-state index in [2.05, 4.69) is 0 Å². The summed E-state index contributed by atoms with van der Waals surface area (Å²) in [5.41, 5.74) is -1.44. The van der Waals surface area contributed by atoms with Crippen molar-refractivity contribution < 1.29 is 28.6 Å². The average molecular weight is 214 g/mol. The van der Waals surface area contributed by atoms with Crippen LogP contribution in [-0.4, -0.2) is 27.6 Å². The highest BCUT2D eigenvalue weighted by molar-refractivity contribution is 6.30. The Morgan fingerprint density at radius 1 is 1.07 bits per heavy atom. The Labute approximate surface area is 81.8 Å². The molecule has 0 saturated heterocycles. The number of hydrogen-bond acceptors (Lipinski definition) is 4. The molecule has 6 heteroatoms. The van der Waals surface area contributed by atoms with Gasteiger partial charge in [-0.2, -0.15) is 0 Å². The SMILES string of the molecule is O=C1c2ccc(F)c(F)c2C(=O)C1(O)O. The smallest absolute Gasteiger partial charge is 0.295 e. The summed E-state index contributed by atoms with van der Waals surface area (Å²) >= 11 is 0. The van der Waals surface area contributed by atoms with Crippen molar-refractivity contribution in [1.82, 2.24) is 0 Å². The van der Waals surface area contributed by atoms with Crippen LogP contribution in [0.15, 0.2) is 12.1 Å². The zero-order valence-corrected chi connectivity index (χ0v) is 7.12. The Morgan fingerprint density at radius 3 is 2.27 bits per heavy atom. The van der Waals surface area contributed by atoms with Gasteiger partial charge in [0.15, 0.2) is 11.6 Å². The second-order valence-corrected chi connectivity index (χ2v) is 3.11. The van der Waals surface area contributed by atoms with Gasteiger partial charge in [-0.05, 0) is 12.1 Å². The summed E-state index contributed by atoms with van der Waals surface area (Å²) in [7, 11) is 0. The Hall–Kier alpha value is -1.66. The number of halogens is 2. The summed E-state index contributed by atoms with van der Waals surface area (Å²) in [5, 5.41) is 18.1. The van der Waals surface area contributed by atoms with Crippen LogP contribution in [0.1, 0.15) is 20.7 Å². The van der Waals surface area contributed by atoms with Crippen LogP contribution in [0.2, 0.25) is 0 Å². The van der Waals surface area contributed by atoms with Gasteiger partial charge in [0.2, 0.25) is 11.6 Å². The predicted molar refractivity (Wildman–Crippen MR) is 42.2 cm³/mol. The maximum absolute atomic E-state index is 13.1. The minimum absolute atomic E-state index is 0.524. The van der Waals surface area contributed by atoms with Gasteiger partial charge in [0.25, 0.3) is 5.79 Å². The number of carbonyl (C=O) groups is 2. The number of fused-ring (bicyclic) bond motifs is 1. The summed E-state index contributed by atoms with van der Waals surface area (Å²) < 4.78 is 25.8. The van der Waals surface area contributed by atoms with Crippen molar-refractivity contribution in [2.75, 3.05) is 0 Å². The van der Waals surface area contributed by atoms with E-state index in [0.29, 0.717) is 6.07 Å². The number of ketones is 2. The molecule has 0 amide bonds. The number of rotatable bonds is 0. The first-order chi connectivity index (χ1) is 6.87. The van der Waals surface area contributed by atoms with E-state index in [1.807, 2.05) is 0 Å². The van der Waals surface area contributed by atoms with E-state index in [-0.39, 0.29) is 0 Å². The quantitative estimate of drug-likeness (QED) is 0.471. The molecular formula is C9H4F2O4. The van der Waals surface area contributed by atoms with Crippen LogP contribution >= 0.6 is 0 Å². The molecule has 0 radical (unpaired) electrons. The Bertz CT molecular complexity index is 493. The van der Waals surface area contributed by atoms with Crippen LogP contribution < -0.4 is 0 Å². The molecular weight excluding hydrogens is 210 g/mol. The number of carbonyl (C=O) groups excluding carboxylic acids is 2. The first kappa shape index (κ1) is 9.88. The Kier molecular flexibility index (Phi) is 1.76. The highest BCUT2D eigenvalue weighted by Gasteiger charge is 2.52. The lowest BCUT2D eigenvalue weighted by Gasteiger charge is -2.08. The van der Waals surface area contributed by atoms with E-state index in [1.165, 1.54) is 0 Å². The van der Waals surface area contributed by atoms with E-state index in [0.717, 1.165) is 6.07 Å². The van der Waals surface area contributed by atoms with Crippen molar-refractivity contribution in [3.63, 3.8) is 0 Å². The normalized spacial score (nSPS) is 18.1. The monoisotopic (exact) mass is 214 g/mol. The van der Waals surface area contributed by atoms with Gasteiger partial charge < -0.3 is 10.2 Å². The molecule has 2 rings (SSSR count). The van der Waals surface area contributed by atoms with Gasteiger partial charge in [0, 0.05) is 5.56 Å². The lowest BCUT2D eigenvalue weighted by atomic mass is 10.1. The van der Waals surface area contributed by atoms with E-state index in [1.54, 1.807) is 0 Å². The fourth-order valence-electron chi connectivity index (χ4n) is 1.43. The molecule has 0 heterocycles.